The number of carbonyl (C=O) groups excluding carboxylic acids is 2. The molecule has 0 unspecified atom stereocenters. The molecule has 1 aliphatic heterocycles. The van der Waals surface area contributed by atoms with Gasteiger partial charge in [-0.2, -0.15) is 0 Å². The molecule has 3 rings (SSSR count). The SMILES string of the molecule is CCCCCCCCCCOc1ccc(C2=NC(=Cc3ccc(OC(C)=O)c(OCC)c3)C(=O)O2)cc1. The summed E-state index contributed by atoms with van der Waals surface area (Å²) in [4.78, 5) is 28.1. The van der Waals surface area contributed by atoms with Crippen LogP contribution in [0.3, 0.4) is 0 Å². The number of aliphatic imine (C=N–C) groups is 1. The van der Waals surface area contributed by atoms with E-state index in [0.717, 1.165) is 12.2 Å². The van der Waals surface area contributed by atoms with E-state index in [-0.39, 0.29) is 11.6 Å². The highest BCUT2D eigenvalue weighted by atomic mass is 16.6. The Morgan fingerprint density at radius 3 is 2.27 bits per heavy atom. The number of unbranched alkanes of at least 4 members (excludes halogenated alkanes) is 7. The summed E-state index contributed by atoms with van der Waals surface area (Å²) in [5, 5.41) is 0. The molecule has 0 atom stereocenters. The maximum atomic E-state index is 12.4. The molecule has 2 aromatic rings. The molecule has 7 nitrogen and oxygen atoms in total. The molecule has 37 heavy (non-hydrogen) atoms. The zero-order valence-corrected chi connectivity index (χ0v) is 22.1. The monoisotopic (exact) mass is 507 g/mol. The Bertz CT molecular complexity index is 1100. The largest absolute Gasteiger partial charge is 0.494 e. The number of cyclic esters (lactones) is 1. The van der Waals surface area contributed by atoms with Crippen LogP contribution in [0.4, 0.5) is 0 Å². The maximum Gasteiger partial charge on any atom is 0.363 e. The third-order valence-electron chi connectivity index (χ3n) is 5.81. The highest BCUT2D eigenvalue weighted by Crippen LogP contribution is 2.30. The minimum Gasteiger partial charge on any atom is -0.494 e. The molecule has 198 valence electrons. The molecule has 0 aromatic heterocycles. The lowest BCUT2D eigenvalue weighted by Gasteiger charge is -2.10. The molecule has 0 aliphatic carbocycles. The second-order valence-corrected chi connectivity index (χ2v) is 8.92. The van der Waals surface area contributed by atoms with E-state index in [4.69, 9.17) is 18.9 Å². The number of rotatable bonds is 15. The predicted molar refractivity (Wildman–Crippen MR) is 144 cm³/mol. The fourth-order valence-corrected chi connectivity index (χ4v) is 3.93. The number of nitrogens with zero attached hydrogens (tertiary/aromatic N) is 1. The molecule has 0 spiro atoms. The predicted octanol–water partition coefficient (Wildman–Crippen LogP) is 6.87. The van der Waals surface area contributed by atoms with Crippen LogP contribution in [-0.2, 0) is 14.3 Å². The Morgan fingerprint density at radius 1 is 0.892 bits per heavy atom. The van der Waals surface area contributed by atoms with Gasteiger partial charge in [-0.1, -0.05) is 57.9 Å². The first kappa shape index (κ1) is 28.0. The first-order valence-electron chi connectivity index (χ1n) is 13.2. The Kier molecular flexibility index (Phi) is 11.2. The Hall–Kier alpha value is -3.61. The third-order valence-corrected chi connectivity index (χ3v) is 5.81. The van der Waals surface area contributed by atoms with Crippen molar-refractivity contribution in [3.8, 4) is 17.2 Å². The van der Waals surface area contributed by atoms with Crippen molar-refractivity contribution >= 4 is 23.9 Å². The maximum absolute atomic E-state index is 12.4. The third kappa shape index (κ3) is 9.08. The van der Waals surface area contributed by atoms with E-state index in [2.05, 4.69) is 11.9 Å². The van der Waals surface area contributed by atoms with Gasteiger partial charge in [0.15, 0.2) is 17.2 Å². The highest BCUT2D eigenvalue weighted by molar-refractivity contribution is 6.12. The number of hydrogen-bond donors (Lipinski definition) is 0. The zero-order chi connectivity index (χ0) is 26.5. The van der Waals surface area contributed by atoms with Gasteiger partial charge in [-0.25, -0.2) is 9.79 Å². The van der Waals surface area contributed by atoms with Crippen LogP contribution in [0.5, 0.6) is 17.2 Å². The quantitative estimate of drug-likeness (QED) is 0.113. The molecule has 0 bridgehead atoms. The summed E-state index contributed by atoms with van der Waals surface area (Å²) in [6.45, 7) is 6.49. The van der Waals surface area contributed by atoms with Gasteiger partial charge in [-0.05, 0) is 61.4 Å². The van der Waals surface area contributed by atoms with E-state index in [1.54, 1.807) is 24.3 Å². The number of benzene rings is 2. The lowest BCUT2D eigenvalue weighted by molar-refractivity contribution is -0.132. The van der Waals surface area contributed by atoms with Crippen molar-refractivity contribution in [1.82, 2.24) is 0 Å². The number of esters is 2. The molecule has 0 saturated carbocycles. The second kappa shape index (κ2) is 14.8. The fourth-order valence-electron chi connectivity index (χ4n) is 3.93. The summed E-state index contributed by atoms with van der Waals surface area (Å²) in [7, 11) is 0. The van der Waals surface area contributed by atoms with E-state index in [9.17, 15) is 9.59 Å². The van der Waals surface area contributed by atoms with Gasteiger partial charge >= 0.3 is 11.9 Å². The standard InChI is InChI=1S/C30H37NO6/c1-4-6-7-8-9-10-11-12-19-35-25-16-14-24(15-17-25)29-31-26(30(33)37-29)20-23-13-18-27(36-22(3)32)28(21-23)34-5-2/h13-18,20-21H,4-12,19H2,1-3H3. The molecular formula is C30H37NO6. The lowest BCUT2D eigenvalue weighted by Crippen LogP contribution is -2.05. The molecule has 2 aromatic carbocycles. The fraction of sp³-hybridized carbons (Fsp3) is 0.433. The van der Waals surface area contributed by atoms with Gasteiger partial charge < -0.3 is 18.9 Å². The van der Waals surface area contributed by atoms with E-state index in [1.165, 1.54) is 51.9 Å². The molecule has 0 radical (unpaired) electrons. The first-order valence-corrected chi connectivity index (χ1v) is 13.2. The molecule has 7 heteroatoms. The van der Waals surface area contributed by atoms with Crippen LogP contribution < -0.4 is 14.2 Å². The Morgan fingerprint density at radius 2 is 1.59 bits per heavy atom. The van der Waals surface area contributed by atoms with Gasteiger partial charge in [0.2, 0.25) is 5.90 Å². The molecule has 1 aliphatic rings. The van der Waals surface area contributed by atoms with Gasteiger partial charge in [-0.3, -0.25) is 4.79 Å². The van der Waals surface area contributed by atoms with Crippen LogP contribution in [0.15, 0.2) is 53.2 Å². The molecular weight excluding hydrogens is 470 g/mol. The van der Waals surface area contributed by atoms with Gasteiger partial charge in [0.05, 0.1) is 13.2 Å². The van der Waals surface area contributed by atoms with Crippen LogP contribution in [-0.4, -0.2) is 31.1 Å². The zero-order valence-electron chi connectivity index (χ0n) is 22.1. The van der Waals surface area contributed by atoms with Gasteiger partial charge in [0.1, 0.15) is 5.75 Å². The van der Waals surface area contributed by atoms with Crippen molar-refractivity contribution in [2.24, 2.45) is 4.99 Å². The van der Waals surface area contributed by atoms with Crippen LogP contribution >= 0.6 is 0 Å². The van der Waals surface area contributed by atoms with Crippen LogP contribution in [0.2, 0.25) is 0 Å². The average molecular weight is 508 g/mol. The van der Waals surface area contributed by atoms with Crippen molar-refractivity contribution in [3.63, 3.8) is 0 Å². The summed E-state index contributed by atoms with van der Waals surface area (Å²) in [6.07, 6.45) is 11.7. The van der Waals surface area contributed by atoms with Crippen molar-refractivity contribution in [3.05, 3.63) is 59.3 Å². The van der Waals surface area contributed by atoms with Crippen molar-refractivity contribution < 1.29 is 28.5 Å². The summed E-state index contributed by atoms with van der Waals surface area (Å²) < 4.78 is 22.0. The smallest absolute Gasteiger partial charge is 0.363 e. The van der Waals surface area contributed by atoms with Crippen LogP contribution in [0.25, 0.3) is 6.08 Å². The molecule has 1 heterocycles. The molecule has 0 saturated heterocycles. The number of hydrogen-bond acceptors (Lipinski definition) is 7. The lowest BCUT2D eigenvalue weighted by atomic mass is 10.1. The van der Waals surface area contributed by atoms with Crippen LogP contribution in [0.1, 0.15) is 83.3 Å². The summed E-state index contributed by atoms with van der Waals surface area (Å²) in [5.74, 6) is 0.776. The van der Waals surface area contributed by atoms with Gasteiger partial charge in [-0.15, -0.1) is 0 Å². The van der Waals surface area contributed by atoms with E-state index >= 15 is 0 Å². The summed E-state index contributed by atoms with van der Waals surface area (Å²) in [5.41, 5.74) is 1.53. The molecule has 0 amide bonds. The average Bonchev–Trinajstić information content (AvgIpc) is 3.24. The number of carbonyl (C=O) groups is 2. The summed E-state index contributed by atoms with van der Waals surface area (Å²) in [6, 6.07) is 12.4. The van der Waals surface area contributed by atoms with Gasteiger partial charge in [0, 0.05) is 12.5 Å². The summed E-state index contributed by atoms with van der Waals surface area (Å²) >= 11 is 0. The van der Waals surface area contributed by atoms with Crippen molar-refractivity contribution in [1.29, 1.82) is 0 Å². The highest BCUT2D eigenvalue weighted by Gasteiger charge is 2.24. The van der Waals surface area contributed by atoms with Crippen molar-refractivity contribution in [2.75, 3.05) is 13.2 Å². The van der Waals surface area contributed by atoms with Gasteiger partial charge in [0.25, 0.3) is 0 Å². The Balaban J connectivity index is 1.55. The Labute approximate surface area is 219 Å². The van der Waals surface area contributed by atoms with E-state index in [0.29, 0.717) is 35.8 Å². The van der Waals surface area contributed by atoms with Crippen LogP contribution in [0, 0.1) is 0 Å². The topological polar surface area (TPSA) is 83.4 Å². The minimum atomic E-state index is -0.535. The van der Waals surface area contributed by atoms with E-state index in [1.807, 2.05) is 31.2 Å². The molecule has 0 N–H and O–H groups in total. The molecule has 0 fully saturated rings. The van der Waals surface area contributed by atoms with E-state index < -0.39 is 11.9 Å². The van der Waals surface area contributed by atoms with Crippen molar-refractivity contribution in [2.45, 2.75) is 72.1 Å². The first-order chi connectivity index (χ1) is 18.0. The normalized spacial score (nSPS) is 13.9. The number of ether oxygens (including phenoxy) is 4. The second-order valence-electron chi connectivity index (χ2n) is 8.92. The minimum absolute atomic E-state index is 0.174.